The first-order chi connectivity index (χ1) is 17.0. The number of anilines is 1. The Bertz CT molecular complexity index is 1440. The molecule has 6 nitrogen and oxygen atoms in total. The molecule has 0 atom stereocenters. The van der Waals surface area contributed by atoms with Crippen LogP contribution >= 0.6 is 11.3 Å². The van der Waals surface area contributed by atoms with E-state index in [1.165, 1.54) is 11.3 Å². The van der Waals surface area contributed by atoms with E-state index in [9.17, 15) is 14.4 Å². The molecule has 0 fully saturated rings. The summed E-state index contributed by atoms with van der Waals surface area (Å²) in [7, 11) is 0. The number of hydrogen-bond donors (Lipinski definition) is 1. The summed E-state index contributed by atoms with van der Waals surface area (Å²) in [6, 6.07) is 18.3. The first kappa shape index (κ1) is 22.9. The number of hydrogen-bond acceptors (Lipinski definition) is 6. The van der Waals surface area contributed by atoms with Crippen LogP contribution in [0.15, 0.2) is 60.7 Å². The number of nitrogens with one attached hydrogen (secondary N) is 1. The summed E-state index contributed by atoms with van der Waals surface area (Å²) >= 11 is 1.44. The van der Waals surface area contributed by atoms with E-state index in [0.29, 0.717) is 21.6 Å². The third kappa shape index (κ3) is 4.86. The molecule has 0 aliphatic heterocycles. The number of fused-ring (bicyclic) bond motifs is 2. The van der Waals surface area contributed by atoms with Crippen LogP contribution in [0.4, 0.5) is 5.00 Å². The fraction of sp³-hybridized carbons (Fsp3) is 0.214. The molecule has 2 aromatic heterocycles. The van der Waals surface area contributed by atoms with Gasteiger partial charge in [-0.3, -0.25) is 9.59 Å². The third-order valence-electron chi connectivity index (χ3n) is 6.11. The van der Waals surface area contributed by atoms with Gasteiger partial charge in [0.2, 0.25) is 0 Å². The van der Waals surface area contributed by atoms with Crippen molar-refractivity contribution in [2.45, 2.75) is 32.6 Å². The molecular weight excluding hydrogens is 460 g/mol. The highest BCUT2D eigenvalue weighted by molar-refractivity contribution is 7.17. The minimum Gasteiger partial charge on any atom is -0.451 e. The predicted molar refractivity (Wildman–Crippen MR) is 136 cm³/mol. The fourth-order valence-electron chi connectivity index (χ4n) is 4.29. The van der Waals surface area contributed by atoms with Gasteiger partial charge in [-0.05, 0) is 50.3 Å². The second kappa shape index (κ2) is 9.80. The van der Waals surface area contributed by atoms with Gasteiger partial charge in [0.15, 0.2) is 12.4 Å². The Hall–Kier alpha value is -3.84. The Balaban J connectivity index is 1.32. The Kier molecular flexibility index (Phi) is 6.42. The molecule has 2 aromatic carbocycles. The first-order valence-electron chi connectivity index (χ1n) is 11.6. The molecule has 1 amide bonds. The van der Waals surface area contributed by atoms with Crippen LogP contribution in [0.2, 0.25) is 0 Å². The minimum absolute atomic E-state index is 0.0999. The molecule has 7 heteroatoms. The lowest BCUT2D eigenvalue weighted by molar-refractivity contribution is -0.119. The maximum atomic E-state index is 13.4. The summed E-state index contributed by atoms with van der Waals surface area (Å²) in [5.41, 5.74) is 4.06. The van der Waals surface area contributed by atoms with Crippen LogP contribution in [0.5, 0.6) is 0 Å². The summed E-state index contributed by atoms with van der Waals surface area (Å²) in [6.07, 6.45) is 3.79. The molecule has 0 unspecified atom stereocenters. The second-order valence-electron chi connectivity index (χ2n) is 8.62. The van der Waals surface area contributed by atoms with Gasteiger partial charge in [-0.25, -0.2) is 9.78 Å². The molecule has 1 aliphatic rings. The van der Waals surface area contributed by atoms with Gasteiger partial charge in [0.05, 0.1) is 11.1 Å². The van der Waals surface area contributed by atoms with Crippen molar-refractivity contribution in [2.75, 3.05) is 11.9 Å². The molecular formula is C28H24N2O4S. The smallest absolute Gasteiger partial charge is 0.357 e. The van der Waals surface area contributed by atoms with Crippen molar-refractivity contribution in [3.05, 3.63) is 93.5 Å². The number of aromatic nitrogens is 1. The SMILES string of the molecule is Cc1ccc(C(=O)c2c(NC(=O)COC(=O)c3ccc4ccccc4n3)sc3c2CCCC3)cc1. The van der Waals surface area contributed by atoms with Gasteiger partial charge in [0, 0.05) is 15.8 Å². The van der Waals surface area contributed by atoms with Gasteiger partial charge in [0.25, 0.3) is 5.91 Å². The summed E-state index contributed by atoms with van der Waals surface area (Å²) in [4.78, 5) is 44.1. The van der Waals surface area contributed by atoms with E-state index in [0.717, 1.165) is 47.1 Å². The largest absolute Gasteiger partial charge is 0.451 e. The maximum Gasteiger partial charge on any atom is 0.357 e. The quantitative estimate of drug-likeness (QED) is 0.288. The predicted octanol–water partition coefficient (Wildman–Crippen LogP) is 5.51. The first-order valence-corrected chi connectivity index (χ1v) is 12.4. The highest BCUT2D eigenvalue weighted by Crippen LogP contribution is 2.39. The second-order valence-corrected chi connectivity index (χ2v) is 9.73. The number of rotatable bonds is 6. The number of amides is 1. The minimum atomic E-state index is -0.674. The molecule has 2 heterocycles. The lowest BCUT2D eigenvalue weighted by Crippen LogP contribution is -2.22. The number of carbonyl (C=O) groups excluding carboxylic acids is 3. The van der Waals surface area contributed by atoms with Gasteiger partial charge in [-0.15, -0.1) is 11.3 Å². The van der Waals surface area contributed by atoms with E-state index in [1.807, 2.05) is 55.5 Å². The molecule has 176 valence electrons. The average molecular weight is 485 g/mol. The van der Waals surface area contributed by atoms with Crippen LogP contribution in [-0.4, -0.2) is 29.3 Å². The van der Waals surface area contributed by atoms with Gasteiger partial charge in [0.1, 0.15) is 10.7 Å². The number of para-hydroxylation sites is 1. The van der Waals surface area contributed by atoms with Crippen LogP contribution in [0.25, 0.3) is 10.9 Å². The Morgan fingerprint density at radius 3 is 2.57 bits per heavy atom. The van der Waals surface area contributed by atoms with E-state index >= 15 is 0 Å². The van der Waals surface area contributed by atoms with E-state index in [4.69, 9.17) is 4.74 Å². The van der Waals surface area contributed by atoms with Crippen LogP contribution < -0.4 is 5.32 Å². The van der Waals surface area contributed by atoms with Gasteiger partial charge in [-0.1, -0.05) is 54.1 Å². The molecule has 0 saturated heterocycles. The van der Waals surface area contributed by atoms with Gasteiger partial charge >= 0.3 is 5.97 Å². The van der Waals surface area contributed by atoms with Crippen molar-refractivity contribution >= 4 is 44.9 Å². The fourth-order valence-corrected chi connectivity index (χ4v) is 5.59. The normalized spacial score (nSPS) is 12.7. The monoisotopic (exact) mass is 484 g/mol. The molecule has 0 radical (unpaired) electrons. The average Bonchev–Trinajstić information content (AvgIpc) is 3.24. The zero-order chi connectivity index (χ0) is 24.4. The van der Waals surface area contributed by atoms with Crippen molar-refractivity contribution in [3.63, 3.8) is 0 Å². The molecule has 0 saturated carbocycles. The highest BCUT2D eigenvalue weighted by atomic mass is 32.1. The number of pyridine rings is 1. The molecule has 5 rings (SSSR count). The van der Waals surface area contributed by atoms with Gasteiger partial charge in [-0.2, -0.15) is 0 Å². The standard InChI is InChI=1S/C28H24N2O4S/c1-17-10-12-19(13-11-17)26(32)25-20-7-3-5-9-23(20)35-27(25)30-24(31)16-34-28(33)22-15-14-18-6-2-4-8-21(18)29-22/h2,4,6,8,10-15H,3,5,7,9,16H2,1H3,(H,30,31). The van der Waals surface area contributed by atoms with Crippen molar-refractivity contribution in [1.82, 2.24) is 4.98 Å². The Morgan fingerprint density at radius 1 is 0.971 bits per heavy atom. The van der Waals surface area contributed by atoms with Crippen LogP contribution in [0.3, 0.4) is 0 Å². The number of ether oxygens (including phenoxy) is 1. The van der Waals surface area contributed by atoms with E-state index in [1.54, 1.807) is 12.1 Å². The zero-order valence-electron chi connectivity index (χ0n) is 19.3. The number of thiophene rings is 1. The molecule has 4 aromatic rings. The lowest BCUT2D eigenvalue weighted by atomic mass is 9.91. The van der Waals surface area contributed by atoms with E-state index in [2.05, 4.69) is 10.3 Å². The third-order valence-corrected chi connectivity index (χ3v) is 7.31. The Labute approximate surface area is 207 Å². The molecule has 1 aliphatic carbocycles. The number of benzene rings is 2. The summed E-state index contributed by atoms with van der Waals surface area (Å²) < 4.78 is 5.22. The summed E-state index contributed by atoms with van der Waals surface area (Å²) in [5.74, 6) is -1.26. The van der Waals surface area contributed by atoms with Crippen LogP contribution in [0, 0.1) is 6.92 Å². The number of aryl methyl sites for hydroxylation is 2. The van der Waals surface area contributed by atoms with Crippen molar-refractivity contribution in [2.24, 2.45) is 0 Å². The maximum absolute atomic E-state index is 13.4. The summed E-state index contributed by atoms with van der Waals surface area (Å²) in [6.45, 7) is 1.51. The molecule has 0 bridgehead atoms. The summed E-state index contributed by atoms with van der Waals surface area (Å²) in [5, 5.41) is 4.26. The van der Waals surface area contributed by atoms with Crippen molar-refractivity contribution < 1.29 is 19.1 Å². The number of esters is 1. The molecule has 35 heavy (non-hydrogen) atoms. The van der Waals surface area contributed by atoms with Crippen LogP contribution in [0.1, 0.15) is 55.3 Å². The van der Waals surface area contributed by atoms with E-state index < -0.39 is 18.5 Å². The molecule has 0 spiro atoms. The molecule has 1 N–H and O–H groups in total. The zero-order valence-corrected chi connectivity index (χ0v) is 20.1. The number of ketones is 1. The van der Waals surface area contributed by atoms with E-state index in [-0.39, 0.29) is 11.5 Å². The van der Waals surface area contributed by atoms with Crippen molar-refractivity contribution in [1.29, 1.82) is 0 Å². The highest BCUT2D eigenvalue weighted by Gasteiger charge is 2.27. The number of carbonyl (C=O) groups is 3. The Morgan fingerprint density at radius 2 is 1.74 bits per heavy atom. The van der Waals surface area contributed by atoms with Crippen LogP contribution in [-0.2, 0) is 22.4 Å². The number of nitrogens with zero attached hydrogens (tertiary/aromatic N) is 1. The van der Waals surface area contributed by atoms with Crippen molar-refractivity contribution in [3.8, 4) is 0 Å². The van der Waals surface area contributed by atoms with Gasteiger partial charge < -0.3 is 10.1 Å². The lowest BCUT2D eigenvalue weighted by Gasteiger charge is -2.13. The topological polar surface area (TPSA) is 85.4 Å².